The number of primary amides is 1. The van der Waals surface area contributed by atoms with Crippen LogP contribution in [0.1, 0.15) is 0 Å². The van der Waals surface area contributed by atoms with E-state index < -0.39 is 32.6 Å². The predicted molar refractivity (Wildman–Crippen MR) is 54.8 cm³/mol. The average molecular weight is 242 g/mol. The van der Waals surface area contributed by atoms with Crippen LogP contribution >= 0.6 is 0 Å². The highest BCUT2D eigenvalue weighted by molar-refractivity contribution is 7.92. The normalized spacial score (nSPS) is 16.1. The molecule has 0 aromatic rings. The molecule has 0 aliphatic carbocycles. The fourth-order valence-electron chi connectivity index (χ4n) is 0.610. The van der Waals surface area contributed by atoms with E-state index in [1.165, 1.54) is 0 Å². The fourth-order valence-corrected chi connectivity index (χ4v) is 3.30. The van der Waals surface area contributed by atoms with Gasteiger partial charge in [0.15, 0.2) is 0 Å². The molecule has 0 saturated heterocycles. The minimum Gasteiger partial charge on any atom is -0.368 e. The van der Waals surface area contributed by atoms with Gasteiger partial charge in [-0.25, -0.2) is 8.42 Å². The van der Waals surface area contributed by atoms with Crippen LogP contribution in [0, 0.1) is 0 Å². The average Bonchev–Trinajstić information content (AvgIpc) is 1.99. The quantitative estimate of drug-likeness (QED) is 0.537. The van der Waals surface area contributed by atoms with Gasteiger partial charge in [0, 0.05) is 28.6 Å². The summed E-state index contributed by atoms with van der Waals surface area (Å²) in [5, 5.41) is 0. The SMILES string of the molecule is CS(=O)(=O)CCS(=O)CC(N)C(N)=O. The number of amides is 1. The highest BCUT2D eigenvalue weighted by Crippen LogP contribution is 1.90. The Kier molecular flexibility index (Phi) is 5.24. The summed E-state index contributed by atoms with van der Waals surface area (Å²) in [5.41, 5.74) is 10.1. The maximum atomic E-state index is 11.2. The van der Waals surface area contributed by atoms with Gasteiger partial charge in [-0.1, -0.05) is 0 Å². The molecule has 0 heterocycles. The zero-order chi connectivity index (χ0) is 11.4. The number of rotatable bonds is 6. The van der Waals surface area contributed by atoms with Crippen molar-refractivity contribution < 1.29 is 17.4 Å². The van der Waals surface area contributed by atoms with Crippen LogP contribution in [-0.4, -0.2) is 48.1 Å². The first-order valence-electron chi connectivity index (χ1n) is 3.80. The largest absolute Gasteiger partial charge is 0.368 e. The number of sulfone groups is 1. The molecule has 84 valence electrons. The molecule has 1 amide bonds. The molecule has 0 aliphatic rings. The first-order chi connectivity index (χ1) is 6.22. The summed E-state index contributed by atoms with van der Waals surface area (Å²) >= 11 is 0. The van der Waals surface area contributed by atoms with E-state index in [2.05, 4.69) is 0 Å². The zero-order valence-corrected chi connectivity index (χ0v) is 9.44. The third-order valence-electron chi connectivity index (χ3n) is 1.41. The second kappa shape index (κ2) is 5.42. The van der Waals surface area contributed by atoms with E-state index in [4.69, 9.17) is 11.5 Å². The van der Waals surface area contributed by atoms with Crippen LogP contribution < -0.4 is 11.5 Å². The Morgan fingerprint density at radius 3 is 2.36 bits per heavy atom. The van der Waals surface area contributed by atoms with Crippen molar-refractivity contribution in [3.8, 4) is 0 Å². The summed E-state index contributed by atoms with van der Waals surface area (Å²) in [5.74, 6) is -1.02. The summed E-state index contributed by atoms with van der Waals surface area (Å²) in [6.45, 7) is 0. The summed E-state index contributed by atoms with van der Waals surface area (Å²) in [6, 6.07) is -0.976. The van der Waals surface area contributed by atoms with Gasteiger partial charge in [0.2, 0.25) is 5.91 Å². The Morgan fingerprint density at radius 2 is 2.00 bits per heavy atom. The molecule has 0 fully saturated rings. The van der Waals surface area contributed by atoms with E-state index >= 15 is 0 Å². The van der Waals surface area contributed by atoms with Crippen molar-refractivity contribution in [1.29, 1.82) is 0 Å². The molecule has 0 aromatic carbocycles. The molecule has 8 heteroatoms. The van der Waals surface area contributed by atoms with Gasteiger partial charge in [0.1, 0.15) is 9.84 Å². The summed E-state index contributed by atoms with van der Waals surface area (Å²) < 4.78 is 32.6. The first-order valence-corrected chi connectivity index (χ1v) is 7.35. The molecule has 0 rings (SSSR count). The minimum absolute atomic E-state index is 0.0141. The third kappa shape index (κ3) is 6.98. The van der Waals surface area contributed by atoms with E-state index in [0.29, 0.717) is 0 Å². The third-order valence-corrected chi connectivity index (χ3v) is 4.01. The number of carbonyl (C=O) groups is 1. The monoisotopic (exact) mass is 242 g/mol. The van der Waals surface area contributed by atoms with Crippen molar-refractivity contribution in [2.45, 2.75) is 6.04 Å². The van der Waals surface area contributed by atoms with E-state index in [-0.39, 0.29) is 17.3 Å². The van der Waals surface area contributed by atoms with Crippen LogP contribution in [0.4, 0.5) is 0 Å². The van der Waals surface area contributed by atoms with E-state index in [1.807, 2.05) is 0 Å². The highest BCUT2D eigenvalue weighted by Gasteiger charge is 2.14. The highest BCUT2D eigenvalue weighted by atomic mass is 32.2. The lowest BCUT2D eigenvalue weighted by atomic mass is 10.3. The van der Waals surface area contributed by atoms with Crippen molar-refractivity contribution in [3.05, 3.63) is 0 Å². The van der Waals surface area contributed by atoms with Crippen LogP contribution in [0.3, 0.4) is 0 Å². The fraction of sp³-hybridized carbons (Fsp3) is 0.833. The maximum Gasteiger partial charge on any atom is 0.235 e. The summed E-state index contributed by atoms with van der Waals surface area (Å²) in [6.07, 6.45) is 1.05. The number of hydrogen-bond donors (Lipinski definition) is 2. The second-order valence-electron chi connectivity index (χ2n) is 2.95. The molecule has 0 aliphatic heterocycles. The lowest BCUT2D eigenvalue weighted by Gasteiger charge is -2.06. The molecule has 14 heavy (non-hydrogen) atoms. The van der Waals surface area contributed by atoms with E-state index in [0.717, 1.165) is 6.26 Å². The van der Waals surface area contributed by atoms with Crippen molar-refractivity contribution in [2.24, 2.45) is 11.5 Å². The predicted octanol–water partition coefficient (Wildman–Crippen LogP) is -2.41. The van der Waals surface area contributed by atoms with Gasteiger partial charge in [0.05, 0.1) is 11.8 Å². The van der Waals surface area contributed by atoms with Crippen LogP contribution in [-0.2, 0) is 25.4 Å². The number of carbonyl (C=O) groups excluding carboxylic acids is 1. The standard InChI is InChI=1S/C6H14N2O4S2/c1-14(11,12)3-2-13(10)4-5(7)6(8)9/h5H,2-4,7H2,1H3,(H2,8,9). The molecule has 4 N–H and O–H groups in total. The van der Waals surface area contributed by atoms with Gasteiger partial charge in [-0.3, -0.25) is 9.00 Å². The summed E-state index contributed by atoms with van der Waals surface area (Å²) in [4.78, 5) is 10.5. The van der Waals surface area contributed by atoms with Gasteiger partial charge in [-0.05, 0) is 0 Å². The Balaban J connectivity index is 3.95. The van der Waals surface area contributed by atoms with Crippen LogP contribution in [0.5, 0.6) is 0 Å². The lowest BCUT2D eigenvalue weighted by Crippen LogP contribution is -2.41. The van der Waals surface area contributed by atoms with Gasteiger partial charge in [-0.15, -0.1) is 0 Å². The first kappa shape index (κ1) is 13.5. The summed E-state index contributed by atoms with van der Waals surface area (Å²) in [7, 11) is -4.55. The van der Waals surface area contributed by atoms with Crippen molar-refractivity contribution in [2.75, 3.05) is 23.5 Å². The Labute approximate surface area is 85.4 Å². The maximum absolute atomic E-state index is 11.2. The topological polar surface area (TPSA) is 120 Å². The minimum atomic E-state index is -3.13. The lowest BCUT2D eigenvalue weighted by molar-refractivity contribution is -0.118. The molecule has 0 saturated carbocycles. The van der Waals surface area contributed by atoms with Crippen LogP contribution in [0.2, 0.25) is 0 Å². The molecule has 2 unspecified atom stereocenters. The van der Waals surface area contributed by atoms with Crippen molar-refractivity contribution in [1.82, 2.24) is 0 Å². The molecular weight excluding hydrogens is 228 g/mol. The molecule has 6 nitrogen and oxygen atoms in total. The van der Waals surface area contributed by atoms with Crippen LogP contribution in [0.15, 0.2) is 0 Å². The number of nitrogens with two attached hydrogens (primary N) is 2. The number of hydrogen-bond acceptors (Lipinski definition) is 5. The van der Waals surface area contributed by atoms with Gasteiger partial charge in [-0.2, -0.15) is 0 Å². The Hall–Kier alpha value is -0.470. The Bertz CT molecular complexity index is 325. The van der Waals surface area contributed by atoms with Crippen LogP contribution in [0.25, 0.3) is 0 Å². The Morgan fingerprint density at radius 1 is 1.50 bits per heavy atom. The molecule has 0 aromatic heterocycles. The smallest absolute Gasteiger partial charge is 0.235 e. The van der Waals surface area contributed by atoms with E-state index in [9.17, 15) is 17.4 Å². The van der Waals surface area contributed by atoms with Crippen molar-refractivity contribution in [3.63, 3.8) is 0 Å². The molecule has 0 radical (unpaired) electrons. The molecule has 0 bridgehead atoms. The van der Waals surface area contributed by atoms with Gasteiger partial charge in [0.25, 0.3) is 0 Å². The molecule has 2 atom stereocenters. The van der Waals surface area contributed by atoms with Gasteiger partial charge < -0.3 is 11.5 Å². The second-order valence-corrected chi connectivity index (χ2v) is 6.83. The molecular formula is C6H14N2O4S2. The zero-order valence-electron chi connectivity index (χ0n) is 7.80. The molecule has 0 spiro atoms. The van der Waals surface area contributed by atoms with Gasteiger partial charge >= 0.3 is 0 Å². The van der Waals surface area contributed by atoms with E-state index in [1.54, 1.807) is 0 Å². The van der Waals surface area contributed by atoms with Crippen molar-refractivity contribution >= 4 is 26.5 Å².